The van der Waals surface area contributed by atoms with E-state index in [2.05, 4.69) is 20.3 Å². The van der Waals surface area contributed by atoms with E-state index < -0.39 is 17.6 Å². The monoisotopic (exact) mass is 636 g/mol. The fourth-order valence-corrected chi connectivity index (χ4v) is 5.46. The van der Waals surface area contributed by atoms with Crippen LogP contribution in [0.4, 0.5) is 10.5 Å². The number of nitrogens with one attached hydrogen (secondary N) is 1. The summed E-state index contributed by atoms with van der Waals surface area (Å²) in [5.74, 6) is -0.119. The van der Waals surface area contributed by atoms with Crippen LogP contribution in [0, 0.1) is 0 Å². The summed E-state index contributed by atoms with van der Waals surface area (Å²) in [6.45, 7) is 6.13. The zero-order valence-electron chi connectivity index (χ0n) is 24.8. The van der Waals surface area contributed by atoms with Gasteiger partial charge in [-0.05, 0) is 45.0 Å². The molecule has 0 fully saturated rings. The first-order valence-corrected chi connectivity index (χ1v) is 14.4. The minimum Gasteiger partial charge on any atom is -0.480 e. The Morgan fingerprint density at radius 2 is 1.82 bits per heavy atom. The van der Waals surface area contributed by atoms with E-state index in [4.69, 9.17) is 32.7 Å². The molecule has 0 unspecified atom stereocenters. The molecular weight excluding hydrogens is 607 g/mol. The van der Waals surface area contributed by atoms with Crippen molar-refractivity contribution in [1.82, 2.24) is 24.4 Å². The van der Waals surface area contributed by atoms with E-state index in [1.54, 1.807) is 59.1 Å². The SMILES string of the molecule is COc1nc(-c2ccnc(-c3cccc(NC(=O)c4nc5c(n4C)CCN(C(=O)OC(C)(C)C)C5)c3Cl)c2Cl)ccc1C=O. The van der Waals surface area contributed by atoms with Gasteiger partial charge in [0.25, 0.3) is 5.91 Å². The third-order valence-electron chi connectivity index (χ3n) is 6.99. The Morgan fingerprint density at radius 3 is 2.52 bits per heavy atom. The second-order valence-electron chi connectivity index (χ2n) is 11.1. The molecule has 44 heavy (non-hydrogen) atoms. The van der Waals surface area contributed by atoms with E-state index in [1.165, 1.54) is 7.11 Å². The number of rotatable bonds is 6. The van der Waals surface area contributed by atoms with Crippen molar-refractivity contribution < 1.29 is 23.9 Å². The highest BCUT2D eigenvalue weighted by Gasteiger charge is 2.30. The van der Waals surface area contributed by atoms with Gasteiger partial charge in [-0.1, -0.05) is 35.3 Å². The Balaban J connectivity index is 1.40. The fraction of sp³-hybridized carbons (Fsp3) is 0.290. The molecule has 4 heterocycles. The van der Waals surface area contributed by atoms with Gasteiger partial charge in [0, 0.05) is 43.0 Å². The molecule has 0 atom stereocenters. The van der Waals surface area contributed by atoms with Crippen LogP contribution in [0.1, 0.15) is 53.1 Å². The topological polar surface area (TPSA) is 129 Å². The Hall–Kier alpha value is -4.48. The summed E-state index contributed by atoms with van der Waals surface area (Å²) in [7, 11) is 3.19. The molecule has 0 spiro atoms. The third-order valence-corrected chi connectivity index (χ3v) is 7.78. The maximum atomic E-state index is 13.4. The molecule has 0 radical (unpaired) electrons. The molecule has 1 aliphatic rings. The van der Waals surface area contributed by atoms with Crippen molar-refractivity contribution in [2.24, 2.45) is 7.05 Å². The van der Waals surface area contributed by atoms with Crippen LogP contribution in [0.3, 0.4) is 0 Å². The highest BCUT2D eigenvalue weighted by atomic mass is 35.5. The highest BCUT2D eigenvalue weighted by molar-refractivity contribution is 6.39. The molecule has 1 aromatic carbocycles. The Kier molecular flexibility index (Phi) is 8.62. The van der Waals surface area contributed by atoms with Crippen molar-refractivity contribution in [3.05, 3.63) is 75.4 Å². The number of carbonyl (C=O) groups is 3. The summed E-state index contributed by atoms with van der Waals surface area (Å²) in [5.41, 5.74) is 3.42. The molecule has 0 bridgehead atoms. The number of amides is 2. The summed E-state index contributed by atoms with van der Waals surface area (Å²) in [5, 5.41) is 3.35. The number of benzene rings is 1. The summed E-state index contributed by atoms with van der Waals surface area (Å²) in [6.07, 6.45) is 2.33. The molecule has 228 valence electrons. The van der Waals surface area contributed by atoms with E-state index in [0.29, 0.717) is 58.7 Å². The van der Waals surface area contributed by atoms with Gasteiger partial charge >= 0.3 is 6.09 Å². The van der Waals surface area contributed by atoms with Gasteiger partial charge in [-0.2, -0.15) is 0 Å². The van der Waals surface area contributed by atoms with Gasteiger partial charge in [0.15, 0.2) is 12.1 Å². The third kappa shape index (κ3) is 6.11. The van der Waals surface area contributed by atoms with Crippen LogP contribution in [-0.4, -0.2) is 62.0 Å². The van der Waals surface area contributed by atoms with Gasteiger partial charge in [0.05, 0.1) is 52.0 Å². The van der Waals surface area contributed by atoms with Crippen LogP contribution < -0.4 is 10.1 Å². The normalized spacial score (nSPS) is 12.8. The Labute approximate surface area is 264 Å². The average Bonchev–Trinajstić information content (AvgIpc) is 3.33. The van der Waals surface area contributed by atoms with Crippen molar-refractivity contribution in [2.45, 2.75) is 39.3 Å². The standard InChI is InChI=1S/C31H30Cl2N6O5/c1-31(2,3)44-30(42)39-14-12-23-22(15-39)35-27(38(23)4)28(41)36-21-8-6-7-19(24(21)32)26-25(33)18(11-13-34-26)20-10-9-17(16-40)29(37-20)43-5/h6-11,13,16H,12,14-15H2,1-5H3,(H,36,41). The van der Waals surface area contributed by atoms with E-state index in [-0.39, 0.29) is 28.3 Å². The number of anilines is 1. The lowest BCUT2D eigenvalue weighted by molar-refractivity contribution is 0.0220. The van der Waals surface area contributed by atoms with Crippen molar-refractivity contribution in [2.75, 3.05) is 19.0 Å². The first-order valence-electron chi connectivity index (χ1n) is 13.7. The van der Waals surface area contributed by atoms with Crippen molar-refractivity contribution in [3.63, 3.8) is 0 Å². The Bertz CT molecular complexity index is 1780. The molecule has 13 heteroatoms. The van der Waals surface area contributed by atoms with Gasteiger partial charge in [0.2, 0.25) is 5.88 Å². The summed E-state index contributed by atoms with van der Waals surface area (Å²) >= 11 is 13.6. The maximum absolute atomic E-state index is 13.4. The number of imidazole rings is 1. The van der Waals surface area contributed by atoms with Crippen LogP contribution in [0.5, 0.6) is 5.88 Å². The average molecular weight is 638 g/mol. The first-order chi connectivity index (χ1) is 20.9. The number of pyridine rings is 2. The summed E-state index contributed by atoms with van der Waals surface area (Å²) < 4.78 is 12.5. The molecule has 1 aliphatic heterocycles. The van der Waals surface area contributed by atoms with E-state index >= 15 is 0 Å². The predicted molar refractivity (Wildman–Crippen MR) is 166 cm³/mol. The summed E-state index contributed by atoms with van der Waals surface area (Å²) in [4.78, 5) is 52.3. The number of methoxy groups -OCH3 is 1. The first kappa shape index (κ1) is 31.0. The molecule has 0 saturated heterocycles. The van der Waals surface area contributed by atoms with E-state index in [0.717, 1.165) is 5.69 Å². The van der Waals surface area contributed by atoms with Crippen molar-refractivity contribution in [1.29, 1.82) is 0 Å². The van der Waals surface area contributed by atoms with E-state index in [1.807, 2.05) is 20.8 Å². The molecule has 0 aliphatic carbocycles. The summed E-state index contributed by atoms with van der Waals surface area (Å²) in [6, 6.07) is 10.1. The van der Waals surface area contributed by atoms with Crippen molar-refractivity contribution in [3.8, 4) is 28.4 Å². The highest BCUT2D eigenvalue weighted by Crippen LogP contribution is 2.40. The molecule has 11 nitrogen and oxygen atoms in total. The van der Waals surface area contributed by atoms with Crippen LogP contribution in [0.2, 0.25) is 10.0 Å². The second kappa shape index (κ2) is 12.3. The van der Waals surface area contributed by atoms with Crippen LogP contribution in [-0.2, 0) is 24.8 Å². The second-order valence-corrected chi connectivity index (χ2v) is 11.9. The van der Waals surface area contributed by atoms with Crippen LogP contribution in [0.25, 0.3) is 22.5 Å². The fourth-order valence-electron chi connectivity index (χ4n) is 4.89. The van der Waals surface area contributed by atoms with Crippen LogP contribution in [0.15, 0.2) is 42.6 Å². The largest absolute Gasteiger partial charge is 0.480 e. The number of aldehydes is 1. The molecule has 1 N–H and O–H groups in total. The molecular formula is C31H30Cl2N6O5. The number of carbonyl (C=O) groups excluding carboxylic acids is 3. The molecule has 2 amide bonds. The van der Waals surface area contributed by atoms with E-state index in [9.17, 15) is 14.4 Å². The lowest BCUT2D eigenvalue weighted by Gasteiger charge is -2.29. The lowest BCUT2D eigenvalue weighted by Crippen LogP contribution is -2.40. The lowest BCUT2D eigenvalue weighted by atomic mass is 10.1. The number of halogens is 2. The minimum absolute atomic E-state index is 0.170. The number of ether oxygens (including phenoxy) is 2. The van der Waals surface area contributed by atoms with Gasteiger partial charge < -0.3 is 24.3 Å². The smallest absolute Gasteiger partial charge is 0.410 e. The number of fused-ring (bicyclic) bond motifs is 1. The number of hydrogen-bond donors (Lipinski definition) is 1. The molecule has 3 aromatic heterocycles. The zero-order valence-corrected chi connectivity index (χ0v) is 26.3. The molecule has 5 rings (SSSR count). The number of nitrogens with zero attached hydrogens (tertiary/aromatic N) is 5. The van der Waals surface area contributed by atoms with Gasteiger partial charge in [0.1, 0.15) is 5.60 Å². The van der Waals surface area contributed by atoms with Crippen molar-refractivity contribution >= 4 is 47.2 Å². The molecule has 4 aromatic rings. The number of hydrogen-bond acceptors (Lipinski definition) is 8. The number of aromatic nitrogens is 4. The predicted octanol–water partition coefficient (Wildman–Crippen LogP) is 6.22. The van der Waals surface area contributed by atoms with Gasteiger partial charge in [-0.25, -0.2) is 14.8 Å². The Morgan fingerprint density at radius 1 is 1.05 bits per heavy atom. The quantitative estimate of drug-likeness (QED) is 0.247. The zero-order chi connectivity index (χ0) is 31.8. The molecule has 0 saturated carbocycles. The van der Waals surface area contributed by atoms with Gasteiger partial charge in [-0.3, -0.25) is 14.6 Å². The van der Waals surface area contributed by atoms with Gasteiger partial charge in [-0.15, -0.1) is 0 Å². The van der Waals surface area contributed by atoms with Crippen LogP contribution >= 0.6 is 23.2 Å². The maximum Gasteiger partial charge on any atom is 0.410 e. The minimum atomic E-state index is -0.617.